The van der Waals surface area contributed by atoms with Gasteiger partial charge in [-0.15, -0.1) is 4.40 Å². The fourth-order valence-corrected chi connectivity index (χ4v) is 4.11. The van der Waals surface area contributed by atoms with Gasteiger partial charge in [0, 0.05) is 24.9 Å². The average Bonchev–Trinajstić information content (AvgIpc) is 2.76. The van der Waals surface area contributed by atoms with Crippen molar-refractivity contribution in [3.63, 3.8) is 0 Å². The number of hydrogen-bond donors (Lipinski definition) is 1. The molecule has 0 aromatic heterocycles. The van der Waals surface area contributed by atoms with Gasteiger partial charge in [0.1, 0.15) is 18.2 Å². The van der Waals surface area contributed by atoms with Crippen molar-refractivity contribution < 1.29 is 17.9 Å². The third-order valence-corrected chi connectivity index (χ3v) is 5.90. The maximum atomic E-state index is 12.6. The van der Waals surface area contributed by atoms with Gasteiger partial charge in [-0.25, -0.2) is 8.42 Å². The van der Waals surface area contributed by atoms with Crippen molar-refractivity contribution in [2.75, 3.05) is 12.3 Å². The summed E-state index contributed by atoms with van der Waals surface area (Å²) < 4.78 is 32.8. The maximum Gasteiger partial charge on any atom is 0.256 e. The van der Waals surface area contributed by atoms with Crippen molar-refractivity contribution in [1.29, 1.82) is 0 Å². The summed E-state index contributed by atoms with van der Waals surface area (Å²) >= 11 is 0. The minimum absolute atomic E-state index is 0.0676. The first kappa shape index (κ1) is 19.9. The van der Waals surface area contributed by atoms with Crippen LogP contribution in [0.15, 0.2) is 82.9 Å². The highest BCUT2D eigenvalue weighted by atomic mass is 32.2. The van der Waals surface area contributed by atoms with E-state index in [-0.39, 0.29) is 18.2 Å². The smallest absolute Gasteiger partial charge is 0.256 e. The lowest BCUT2D eigenvalue weighted by Crippen LogP contribution is -2.38. The molecule has 7 nitrogen and oxygen atoms in total. The summed E-state index contributed by atoms with van der Waals surface area (Å²) in [6.07, 6.45) is 4.74. The van der Waals surface area contributed by atoms with Gasteiger partial charge in [-0.05, 0) is 23.8 Å². The number of sulfonamides is 1. The number of amidine groups is 1. The molecule has 2 heterocycles. The van der Waals surface area contributed by atoms with Gasteiger partial charge in [-0.2, -0.15) is 0 Å². The third-order valence-electron chi connectivity index (χ3n) is 4.74. The summed E-state index contributed by atoms with van der Waals surface area (Å²) in [5.41, 5.74) is 2.37. The van der Waals surface area contributed by atoms with Gasteiger partial charge in [-0.3, -0.25) is 4.79 Å². The van der Waals surface area contributed by atoms with Crippen LogP contribution in [0.3, 0.4) is 0 Å². The molecule has 0 saturated carbocycles. The van der Waals surface area contributed by atoms with E-state index in [0.29, 0.717) is 30.3 Å². The number of benzene rings is 2. The quantitative estimate of drug-likeness (QED) is 0.771. The van der Waals surface area contributed by atoms with Gasteiger partial charge in [-0.1, -0.05) is 48.5 Å². The summed E-state index contributed by atoms with van der Waals surface area (Å²) in [5, 5.41) is 2.90. The van der Waals surface area contributed by atoms with Crippen molar-refractivity contribution >= 4 is 21.8 Å². The first-order chi connectivity index (χ1) is 14.5. The number of para-hydroxylation sites is 1. The zero-order valence-electron chi connectivity index (χ0n) is 16.2. The van der Waals surface area contributed by atoms with Crippen LogP contribution in [0.1, 0.15) is 11.1 Å². The Kier molecular flexibility index (Phi) is 5.67. The van der Waals surface area contributed by atoms with E-state index in [1.165, 1.54) is 0 Å². The second kappa shape index (κ2) is 8.54. The molecule has 0 bridgehead atoms. The molecule has 0 unspecified atom stereocenters. The molecule has 2 aromatic carbocycles. The van der Waals surface area contributed by atoms with Gasteiger partial charge >= 0.3 is 0 Å². The van der Waals surface area contributed by atoms with Gasteiger partial charge in [0.05, 0.1) is 11.3 Å². The van der Waals surface area contributed by atoms with E-state index in [1.807, 2.05) is 54.6 Å². The molecule has 154 valence electrons. The number of ether oxygens (including phenoxy) is 1. The highest BCUT2D eigenvalue weighted by molar-refractivity contribution is 7.90. The molecule has 1 amide bonds. The molecule has 2 aliphatic rings. The first-order valence-electron chi connectivity index (χ1n) is 9.52. The lowest BCUT2D eigenvalue weighted by atomic mass is 10.1. The molecular weight excluding hydrogens is 402 g/mol. The van der Waals surface area contributed by atoms with Crippen LogP contribution < -0.4 is 10.1 Å². The van der Waals surface area contributed by atoms with E-state index in [4.69, 9.17) is 4.74 Å². The third kappa shape index (κ3) is 4.77. The Labute approximate surface area is 175 Å². The molecule has 2 aromatic rings. The number of nitrogens with zero attached hydrogens (tertiary/aromatic N) is 2. The van der Waals surface area contributed by atoms with Crippen molar-refractivity contribution in [2.24, 2.45) is 4.40 Å². The summed E-state index contributed by atoms with van der Waals surface area (Å²) in [5.74, 6) is 0.724. The van der Waals surface area contributed by atoms with E-state index in [0.717, 1.165) is 11.1 Å². The summed E-state index contributed by atoms with van der Waals surface area (Å²) in [6.45, 7) is 1.03. The van der Waals surface area contributed by atoms with Crippen LogP contribution in [-0.2, 0) is 28.0 Å². The van der Waals surface area contributed by atoms with E-state index >= 15 is 0 Å². The Balaban J connectivity index is 1.39. The highest BCUT2D eigenvalue weighted by Crippen LogP contribution is 2.20. The van der Waals surface area contributed by atoms with Crippen LogP contribution in [0.4, 0.5) is 0 Å². The van der Waals surface area contributed by atoms with Crippen LogP contribution in [0.5, 0.6) is 5.75 Å². The Hall–Kier alpha value is -3.39. The number of carbonyl (C=O) groups excluding carboxylic acids is 1. The van der Waals surface area contributed by atoms with Crippen LogP contribution in [0.2, 0.25) is 0 Å². The minimum atomic E-state index is -3.42. The normalized spacial score (nSPS) is 16.9. The number of amides is 1. The van der Waals surface area contributed by atoms with Crippen molar-refractivity contribution in [2.45, 2.75) is 13.2 Å². The number of rotatable bonds is 6. The molecule has 0 spiro atoms. The molecule has 0 saturated heterocycles. The molecule has 8 heteroatoms. The fraction of sp³-hybridized carbons (Fsp3) is 0.182. The molecule has 4 rings (SSSR count). The first-order valence-corrected chi connectivity index (χ1v) is 11.1. The number of nitrogens with one attached hydrogen (secondary N) is 1. The molecule has 30 heavy (non-hydrogen) atoms. The predicted molar refractivity (Wildman–Crippen MR) is 114 cm³/mol. The van der Waals surface area contributed by atoms with E-state index < -0.39 is 10.0 Å². The molecular formula is C22H21N3O4S. The Morgan fingerprint density at radius 2 is 1.83 bits per heavy atom. The van der Waals surface area contributed by atoms with Gasteiger partial charge < -0.3 is 15.0 Å². The molecule has 0 aliphatic carbocycles. The number of carbonyl (C=O) groups is 1. The lowest BCUT2D eigenvalue weighted by molar-refractivity contribution is -0.117. The average molecular weight is 423 g/mol. The molecule has 0 atom stereocenters. The number of hydrogen-bond acceptors (Lipinski definition) is 5. The summed E-state index contributed by atoms with van der Waals surface area (Å²) in [7, 11) is -3.42. The number of fused-ring (bicyclic) bond motifs is 1. The van der Waals surface area contributed by atoms with Gasteiger partial charge in [0.25, 0.3) is 15.9 Å². The highest BCUT2D eigenvalue weighted by Gasteiger charge is 2.25. The largest absolute Gasteiger partial charge is 0.489 e. The molecule has 1 N–H and O–H groups in total. The molecule has 2 aliphatic heterocycles. The van der Waals surface area contributed by atoms with Crippen molar-refractivity contribution in [3.8, 4) is 5.75 Å². The SMILES string of the molecule is O=C(NCc1ccccc1OCc1ccccc1)C1=CN2CCS(=O)(=O)N=C2C=C1. The Morgan fingerprint density at radius 1 is 1.07 bits per heavy atom. The lowest BCUT2D eigenvalue weighted by Gasteiger charge is -2.27. The van der Waals surface area contributed by atoms with E-state index in [2.05, 4.69) is 9.71 Å². The topological polar surface area (TPSA) is 88.1 Å². The molecule has 0 fully saturated rings. The Bertz CT molecular complexity index is 1140. The monoisotopic (exact) mass is 423 g/mol. The van der Waals surface area contributed by atoms with Crippen molar-refractivity contribution in [1.82, 2.24) is 10.2 Å². The zero-order chi connectivity index (χ0) is 21.0. The summed E-state index contributed by atoms with van der Waals surface area (Å²) in [6, 6.07) is 17.4. The molecule has 0 radical (unpaired) electrons. The van der Waals surface area contributed by atoms with Crippen LogP contribution >= 0.6 is 0 Å². The standard InChI is InChI=1S/C22H21N3O4S/c26-22(19-10-11-21-24-30(27,28)13-12-25(21)15-19)23-14-18-8-4-5-9-20(18)29-16-17-6-2-1-3-7-17/h1-11,15H,12-14,16H2,(H,23,26). The second-order valence-corrected chi connectivity index (χ2v) is 8.67. The Morgan fingerprint density at radius 3 is 2.67 bits per heavy atom. The van der Waals surface area contributed by atoms with E-state index in [9.17, 15) is 13.2 Å². The van der Waals surface area contributed by atoms with Crippen LogP contribution in [-0.4, -0.2) is 37.4 Å². The van der Waals surface area contributed by atoms with Crippen LogP contribution in [0, 0.1) is 0 Å². The second-order valence-electron chi connectivity index (χ2n) is 6.91. The van der Waals surface area contributed by atoms with Crippen molar-refractivity contribution in [3.05, 3.63) is 89.6 Å². The minimum Gasteiger partial charge on any atom is -0.489 e. The van der Waals surface area contributed by atoms with Gasteiger partial charge in [0.15, 0.2) is 0 Å². The maximum absolute atomic E-state index is 12.6. The van der Waals surface area contributed by atoms with Crippen LogP contribution in [0.25, 0.3) is 0 Å². The fourth-order valence-electron chi connectivity index (χ4n) is 3.14. The van der Waals surface area contributed by atoms with E-state index in [1.54, 1.807) is 23.3 Å². The van der Waals surface area contributed by atoms with Gasteiger partial charge in [0.2, 0.25) is 0 Å². The zero-order valence-corrected chi connectivity index (χ0v) is 17.0. The summed E-state index contributed by atoms with van der Waals surface area (Å²) in [4.78, 5) is 14.3. The predicted octanol–water partition coefficient (Wildman–Crippen LogP) is 2.38.